The summed E-state index contributed by atoms with van der Waals surface area (Å²) in [7, 11) is 6.12. The van der Waals surface area contributed by atoms with E-state index in [1.54, 1.807) is 61.7 Å². The predicted octanol–water partition coefficient (Wildman–Crippen LogP) is 4.91. The number of hydrogen-bond donors (Lipinski definition) is 2. The maximum atomic E-state index is 12.7. The SMILES string of the molecule is COc1cc(OC)c(C=CC(=O)Nc2ccc(OC)c(NC=CC(=O)c3ccc4c(c3)OCO4)c2)c(OC)c1. The molecule has 0 aliphatic carbocycles. The van der Waals surface area contributed by atoms with E-state index in [-0.39, 0.29) is 18.5 Å². The zero-order valence-corrected chi connectivity index (χ0v) is 21.9. The highest BCUT2D eigenvalue weighted by atomic mass is 16.7. The number of amides is 1. The first kappa shape index (κ1) is 26.9. The van der Waals surface area contributed by atoms with Gasteiger partial charge in [0, 0.05) is 41.7 Å². The van der Waals surface area contributed by atoms with E-state index in [1.807, 2.05) is 0 Å². The number of rotatable bonds is 11. The molecule has 10 nitrogen and oxygen atoms in total. The molecular weight excluding hydrogens is 504 g/mol. The normalized spacial score (nSPS) is 11.9. The number of benzene rings is 3. The lowest BCUT2D eigenvalue weighted by atomic mass is 10.1. The number of methoxy groups -OCH3 is 4. The van der Waals surface area contributed by atoms with Crippen LogP contribution in [0.25, 0.3) is 6.08 Å². The van der Waals surface area contributed by atoms with Crippen molar-refractivity contribution in [3.05, 3.63) is 78.0 Å². The zero-order valence-electron chi connectivity index (χ0n) is 21.9. The van der Waals surface area contributed by atoms with Crippen molar-refractivity contribution in [2.24, 2.45) is 0 Å². The first-order valence-corrected chi connectivity index (χ1v) is 11.8. The van der Waals surface area contributed by atoms with Crippen molar-refractivity contribution >= 4 is 29.1 Å². The highest BCUT2D eigenvalue weighted by Gasteiger charge is 2.15. The Balaban J connectivity index is 1.44. The van der Waals surface area contributed by atoms with Gasteiger partial charge in [0.15, 0.2) is 17.3 Å². The molecule has 4 rings (SSSR count). The molecule has 0 unspecified atom stereocenters. The second kappa shape index (κ2) is 12.4. The van der Waals surface area contributed by atoms with Crippen LogP contribution >= 0.6 is 0 Å². The van der Waals surface area contributed by atoms with Gasteiger partial charge in [-0.25, -0.2) is 0 Å². The van der Waals surface area contributed by atoms with E-state index in [1.165, 1.54) is 39.7 Å². The summed E-state index contributed by atoms with van der Waals surface area (Å²) in [6, 6.07) is 13.5. The molecule has 1 aliphatic heterocycles. The number of ether oxygens (including phenoxy) is 6. The van der Waals surface area contributed by atoms with Crippen LogP contribution in [0.1, 0.15) is 15.9 Å². The van der Waals surface area contributed by atoms with Crippen LogP contribution in [0.4, 0.5) is 11.4 Å². The van der Waals surface area contributed by atoms with Crippen molar-refractivity contribution in [2.75, 3.05) is 45.9 Å². The Morgan fingerprint density at radius 1 is 0.795 bits per heavy atom. The third-order valence-corrected chi connectivity index (χ3v) is 5.75. The van der Waals surface area contributed by atoms with Gasteiger partial charge in [0.1, 0.15) is 23.0 Å². The summed E-state index contributed by atoms with van der Waals surface area (Å²) in [5.41, 5.74) is 2.11. The predicted molar refractivity (Wildman–Crippen MR) is 146 cm³/mol. The second-order valence-electron chi connectivity index (χ2n) is 8.09. The Morgan fingerprint density at radius 2 is 1.51 bits per heavy atom. The van der Waals surface area contributed by atoms with Gasteiger partial charge in [0.05, 0.1) is 39.7 Å². The minimum atomic E-state index is -0.375. The van der Waals surface area contributed by atoms with E-state index >= 15 is 0 Å². The average Bonchev–Trinajstić information content (AvgIpc) is 3.43. The lowest BCUT2D eigenvalue weighted by Gasteiger charge is -2.13. The Kier molecular flexibility index (Phi) is 8.57. The summed E-state index contributed by atoms with van der Waals surface area (Å²) < 4.78 is 32.1. The molecule has 1 amide bonds. The van der Waals surface area contributed by atoms with Gasteiger partial charge in [-0.3, -0.25) is 9.59 Å². The molecule has 0 saturated heterocycles. The summed E-state index contributed by atoms with van der Waals surface area (Å²) in [5, 5.41) is 5.84. The first-order valence-electron chi connectivity index (χ1n) is 11.8. The van der Waals surface area contributed by atoms with Crippen LogP contribution in [0.3, 0.4) is 0 Å². The summed E-state index contributed by atoms with van der Waals surface area (Å²) in [4.78, 5) is 25.3. The molecular formula is C29H28N2O8. The minimum Gasteiger partial charge on any atom is -0.496 e. The number of carbonyl (C=O) groups excluding carboxylic acids is 2. The maximum absolute atomic E-state index is 12.7. The van der Waals surface area contributed by atoms with Crippen LogP contribution < -0.4 is 39.1 Å². The molecule has 0 bridgehead atoms. The fraction of sp³-hybridized carbons (Fsp3) is 0.172. The van der Waals surface area contributed by atoms with Crippen LogP contribution in [0.15, 0.2) is 66.9 Å². The summed E-state index contributed by atoms with van der Waals surface area (Å²) in [6.07, 6.45) is 5.85. The molecule has 1 aliphatic rings. The van der Waals surface area contributed by atoms with Crippen molar-refractivity contribution in [3.63, 3.8) is 0 Å². The number of nitrogens with one attached hydrogen (secondary N) is 2. The first-order chi connectivity index (χ1) is 18.9. The van der Waals surface area contributed by atoms with E-state index < -0.39 is 0 Å². The number of fused-ring (bicyclic) bond motifs is 1. The topological polar surface area (TPSA) is 114 Å². The number of carbonyl (C=O) groups is 2. The van der Waals surface area contributed by atoms with Gasteiger partial charge in [-0.15, -0.1) is 0 Å². The largest absolute Gasteiger partial charge is 0.496 e. The Hall–Kier alpha value is -5.12. The Morgan fingerprint density at radius 3 is 2.21 bits per heavy atom. The third-order valence-electron chi connectivity index (χ3n) is 5.75. The smallest absolute Gasteiger partial charge is 0.248 e. The molecule has 0 spiro atoms. The quantitative estimate of drug-likeness (QED) is 0.263. The highest BCUT2D eigenvalue weighted by molar-refractivity contribution is 6.05. The Bertz CT molecular complexity index is 1410. The summed E-state index contributed by atoms with van der Waals surface area (Å²) >= 11 is 0. The van der Waals surface area contributed by atoms with Gasteiger partial charge < -0.3 is 39.1 Å². The number of hydrogen-bond acceptors (Lipinski definition) is 9. The maximum Gasteiger partial charge on any atom is 0.248 e. The third kappa shape index (κ3) is 6.42. The van der Waals surface area contributed by atoms with Crippen LogP contribution in [0.2, 0.25) is 0 Å². The molecule has 0 fully saturated rings. The van der Waals surface area contributed by atoms with E-state index in [9.17, 15) is 9.59 Å². The number of ketones is 1. The standard InChI is InChI=1S/C29H28N2O8/c1-34-20-15-26(36-3)21(27(16-20)37-4)7-10-29(33)31-19-6-9-24(35-2)22(14-19)30-12-11-23(32)18-5-8-25-28(13-18)39-17-38-25/h5-16,30H,17H2,1-4H3,(H,31,33). The molecule has 1 heterocycles. The second-order valence-corrected chi connectivity index (χ2v) is 8.09. The lowest BCUT2D eigenvalue weighted by Crippen LogP contribution is -2.08. The monoisotopic (exact) mass is 532 g/mol. The lowest BCUT2D eigenvalue weighted by molar-refractivity contribution is -0.111. The fourth-order valence-electron chi connectivity index (χ4n) is 3.79. The van der Waals surface area contributed by atoms with Crippen molar-refractivity contribution in [1.82, 2.24) is 0 Å². The van der Waals surface area contributed by atoms with Crippen LogP contribution in [-0.2, 0) is 4.79 Å². The molecule has 3 aromatic rings. The van der Waals surface area contributed by atoms with Crippen molar-refractivity contribution in [3.8, 4) is 34.5 Å². The van der Waals surface area contributed by atoms with Gasteiger partial charge in [-0.2, -0.15) is 0 Å². The summed E-state index contributed by atoms with van der Waals surface area (Å²) in [6.45, 7) is 0.136. The van der Waals surface area contributed by atoms with Crippen LogP contribution in [0, 0.1) is 0 Å². The number of anilines is 2. The van der Waals surface area contributed by atoms with Gasteiger partial charge in [-0.05, 0) is 42.5 Å². The molecule has 3 aromatic carbocycles. The van der Waals surface area contributed by atoms with Gasteiger partial charge in [-0.1, -0.05) is 0 Å². The van der Waals surface area contributed by atoms with Crippen molar-refractivity contribution in [2.45, 2.75) is 0 Å². The molecule has 202 valence electrons. The fourth-order valence-corrected chi connectivity index (χ4v) is 3.79. The van der Waals surface area contributed by atoms with Crippen LogP contribution in [-0.4, -0.2) is 46.9 Å². The minimum absolute atomic E-state index is 0.136. The molecule has 0 atom stereocenters. The molecule has 0 radical (unpaired) electrons. The summed E-state index contributed by atoms with van der Waals surface area (Å²) in [5.74, 6) is 2.62. The molecule has 10 heteroatoms. The van der Waals surface area contributed by atoms with E-state index in [4.69, 9.17) is 28.4 Å². The van der Waals surface area contributed by atoms with E-state index in [0.29, 0.717) is 57.0 Å². The van der Waals surface area contributed by atoms with Crippen molar-refractivity contribution in [1.29, 1.82) is 0 Å². The highest BCUT2D eigenvalue weighted by Crippen LogP contribution is 2.35. The van der Waals surface area contributed by atoms with Gasteiger partial charge >= 0.3 is 0 Å². The molecule has 39 heavy (non-hydrogen) atoms. The van der Waals surface area contributed by atoms with Crippen LogP contribution in [0.5, 0.6) is 34.5 Å². The molecule has 2 N–H and O–H groups in total. The van der Waals surface area contributed by atoms with E-state index in [0.717, 1.165) is 0 Å². The molecule has 0 saturated carbocycles. The van der Waals surface area contributed by atoms with Gasteiger partial charge in [0.25, 0.3) is 0 Å². The van der Waals surface area contributed by atoms with Crippen molar-refractivity contribution < 1.29 is 38.0 Å². The number of allylic oxidation sites excluding steroid dienone is 1. The Labute approximate surface area is 225 Å². The molecule has 0 aromatic heterocycles. The average molecular weight is 533 g/mol. The zero-order chi connectivity index (χ0) is 27.8. The van der Waals surface area contributed by atoms with Gasteiger partial charge in [0.2, 0.25) is 12.7 Å². The van der Waals surface area contributed by atoms with E-state index in [2.05, 4.69) is 10.6 Å².